The highest BCUT2D eigenvalue weighted by Gasteiger charge is 2.21. The summed E-state index contributed by atoms with van der Waals surface area (Å²) >= 11 is 0. The molecule has 1 atom stereocenters. The Morgan fingerprint density at radius 1 is 1.38 bits per heavy atom. The van der Waals surface area contributed by atoms with E-state index in [0.29, 0.717) is 6.42 Å². The van der Waals surface area contributed by atoms with Crippen LogP contribution in [0.5, 0.6) is 0 Å². The Morgan fingerprint density at radius 3 is 2.23 bits per heavy atom. The quantitative estimate of drug-likeness (QED) is 0.647. The van der Waals surface area contributed by atoms with E-state index in [1.807, 2.05) is 19.1 Å². The molecule has 0 aromatic rings. The fourth-order valence-electron chi connectivity index (χ4n) is 1.37. The van der Waals surface area contributed by atoms with Crippen molar-refractivity contribution in [2.24, 2.45) is 11.8 Å². The number of rotatable bonds is 5. The van der Waals surface area contributed by atoms with Crippen LogP contribution in [0, 0.1) is 34.5 Å². The van der Waals surface area contributed by atoms with Crippen LogP contribution in [0.4, 0.5) is 0 Å². The average Bonchev–Trinajstić information content (AvgIpc) is 2.05. The summed E-state index contributed by atoms with van der Waals surface area (Å²) in [5.74, 6) is -0.671. The lowest BCUT2D eigenvalue weighted by atomic mass is 9.86. The Morgan fingerprint density at radius 2 is 1.92 bits per heavy atom. The Balaban J connectivity index is 4.33. The van der Waals surface area contributed by atoms with E-state index in [1.54, 1.807) is 0 Å². The molecule has 0 fully saturated rings. The molecular formula is C10H14N2O. The molecule has 0 aromatic heterocycles. The molecule has 0 aromatic carbocycles. The maximum atomic E-state index is 10.8. The number of hydrogen-bond donors (Lipinski definition) is 0. The smallest absolute Gasteiger partial charge is 0.136 e. The first-order valence-electron chi connectivity index (χ1n) is 4.44. The summed E-state index contributed by atoms with van der Waals surface area (Å²) < 4.78 is 0. The molecule has 0 aliphatic rings. The lowest BCUT2D eigenvalue weighted by Gasteiger charge is -2.13. The summed E-state index contributed by atoms with van der Waals surface area (Å²) in [6, 6.07) is 3.86. The average molecular weight is 178 g/mol. The van der Waals surface area contributed by atoms with Crippen LogP contribution in [0.1, 0.15) is 33.1 Å². The summed E-state index contributed by atoms with van der Waals surface area (Å²) in [6.07, 6.45) is 2.02. The number of ketones is 1. The normalized spacial score (nSPS) is 11.8. The minimum absolute atomic E-state index is 0.0500. The van der Waals surface area contributed by atoms with E-state index in [0.717, 1.165) is 12.8 Å². The minimum Gasteiger partial charge on any atom is -0.300 e. The van der Waals surface area contributed by atoms with Gasteiger partial charge in [-0.2, -0.15) is 10.5 Å². The van der Waals surface area contributed by atoms with Gasteiger partial charge in [0.05, 0.1) is 12.1 Å². The first kappa shape index (κ1) is 11.6. The third-order valence-corrected chi connectivity index (χ3v) is 1.96. The van der Waals surface area contributed by atoms with Crippen LogP contribution in [0.2, 0.25) is 0 Å². The van der Waals surface area contributed by atoms with Crippen LogP contribution in [0.15, 0.2) is 0 Å². The van der Waals surface area contributed by atoms with E-state index in [1.165, 1.54) is 6.92 Å². The minimum atomic E-state index is -0.635. The maximum absolute atomic E-state index is 10.8. The van der Waals surface area contributed by atoms with Gasteiger partial charge in [-0.15, -0.1) is 0 Å². The van der Waals surface area contributed by atoms with Crippen LogP contribution in [0.25, 0.3) is 0 Å². The second-order valence-electron chi connectivity index (χ2n) is 3.19. The zero-order chi connectivity index (χ0) is 10.3. The number of hydrogen-bond acceptors (Lipinski definition) is 3. The second-order valence-corrected chi connectivity index (χ2v) is 3.19. The lowest BCUT2D eigenvalue weighted by Crippen LogP contribution is -2.14. The van der Waals surface area contributed by atoms with E-state index < -0.39 is 5.92 Å². The molecule has 13 heavy (non-hydrogen) atoms. The molecule has 3 nitrogen and oxygen atoms in total. The fourth-order valence-corrected chi connectivity index (χ4v) is 1.37. The van der Waals surface area contributed by atoms with Gasteiger partial charge in [0.2, 0.25) is 0 Å². The number of carbonyl (C=O) groups excluding carboxylic acids is 1. The van der Waals surface area contributed by atoms with Gasteiger partial charge in [-0.1, -0.05) is 13.3 Å². The first-order valence-corrected chi connectivity index (χ1v) is 4.44. The van der Waals surface area contributed by atoms with Gasteiger partial charge in [0.15, 0.2) is 0 Å². The van der Waals surface area contributed by atoms with E-state index in [4.69, 9.17) is 10.5 Å². The third-order valence-electron chi connectivity index (χ3n) is 1.96. The van der Waals surface area contributed by atoms with Gasteiger partial charge in [0.25, 0.3) is 0 Å². The Kier molecular flexibility index (Phi) is 5.55. The number of nitriles is 2. The Hall–Kier alpha value is -1.35. The van der Waals surface area contributed by atoms with Crippen molar-refractivity contribution < 1.29 is 4.79 Å². The number of Topliss-reactive ketones (excluding diaryl/α,β-unsaturated/α-hetero) is 1. The summed E-state index contributed by atoms with van der Waals surface area (Å²) in [4.78, 5) is 10.8. The standard InChI is InChI=1S/C10H14N2O/c1-3-4-9(5-8(2)13)10(6-11)7-12/h9-10H,3-5H2,1-2H3. The van der Waals surface area contributed by atoms with Crippen LogP contribution >= 0.6 is 0 Å². The Bertz CT molecular complexity index is 233. The van der Waals surface area contributed by atoms with E-state index in [-0.39, 0.29) is 11.7 Å². The molecule has 1 unspecified atom stereocenters. The molecular weight excluding hydrogens is 164 g/mol. The SMILES string of the molecule is CCCC(CC(C)=O)C(C#N)C#N. The van der Waals surface area contributed by atoms with Crippen molar-refractivity contribution in [1.29, 1.82) is 10.5 Å². The summed E-state index contributed by atoms with van der Waals surface area (Å²) in [7, 11) is 0. The van der Waals surface area contributed by atoms with Crippen molar-refractivity contribution in [3.63, 3.8) is 0 Å². The van der Waals surface area contributed by atoms with Gasteiger partial charge < -0.3 is 4.79 Å². The van der Waals surface area contributed by atoms with Crippen LogP contribution in [-0.2, 0) is 4.79 Å². The van der Waals surface area contributed by atoms with Crippen molar-refractivity contribution in [2.75, 3.05) is 0 Å². The zero-order valence-corrected chi connectivity index (χ0v) is 8.08. The molecule has 0 aliphatic carbocycles. The molecule has 0 N–H and O–H groups in total. The number of carbonyl (C=O) groups is 1. The van der Waals surface area contributed by atoms with Gasteiger partial charge in [0, 0.05) is 6.42 Å². The highest BCUT2D eigenvalue weighted by molar-refractivity contribution is 5.75. The lowest BCUT2D eigenvalue weighted by molar-refractivity contribution is -0.118. The first-order chi connectivity index (χ1) is 6.15. The van der Waals surface area contributed by atoms with Crippen LogP contribution in [-0.4, -0.2) is 5.78 Å². The molecule has 0 spiro atoms. The molecule has 0 bridgehead atoms. The topological polar surface area (TPSA) is 64.7 Å². The molecule has 0 heterocycles. The maximum Gasteiger partial charge on any atom is 0.136 e. The molecule has 0 radical (unpaired) electrons. The van der Waals surface area contributed by atoms with Gasteiger partial charge in [-0.3, -0.25) is 0 Å². The molecule has 0 amide bonds. The van der Waals surface area contributed by atoms with Crippen molar-refractivity contribution in [3.8, 4) is 12.1 Å². The fraction of sp³-hybridized carbons (Fsp3) is 0.700. The summed E-state index contributed by atoms with van der Waals surface area (Å²) in [5.41, 5.74) is 0. The zero-order valence-electron chi connectivity index (χ0n) is 8.08. The van der Waals surface area contributed by atoms with E-state index in [2.05, 4.69) is 0 Å². The second kappa shape index (κ2) is 6.20. The van der Waals surface area contributed by atoms with Crippen molar-refractivity contribution in [1.82, 2.24) is 0 Å². The Labute approximate surface area is 79.0 Å². The number of nitrogens with zero attached hydrogens (tertiary/aromatic N) is 2. The predicted molar refractivity (Wildman–Crippen MR) is 48.4 cm³/mol. The molecule has 0 saturated carbocycles. The highest BCUT2D eigenvalue weighted by Crippen LogP contribution is 2.20. The van der Waals surface area contributed by atoms with E-state index >= 15 is 0 Å². The van der Waals surface area contributed by atoms with Crippen LogP contribution < -0.4 is 0 Å². The molecule has 70 valence electrons. The summed E-state index contributed by atoms with van der Waals surface area (Å²) in [5, 5.41) is 17.3. The van der Waals surface area contributed by atoms with Crippen LogP contribution in [0.3, 0.4) is 0 Å². The van der Waals surface area contributed by atoms with E-state index in [9.17, 15) is 4.79 Å². The largest absolute Gasteiger partial charge is 0.300 e. The molecule has 3 heteroatoms. The van der Waals surface area contributed by atoms with Gasteiger partial charge in [0.1, 0.15) is 11.7 Å². The van der Waals surface area contributed by atoms with Crippen molar-refractivity contribution >= 4 is 5.78 Å². The molecule has 0 saturated heterocycles. The van der Waals surface area contributed by atoms with Gasteiger partial charge in [-0.05, 0) is 19.3 Å². The van der Waals surface area contributed by atoms with Gasteiger partial charge >= 0.3 is 0 Å². The summed E-state index contributed by atoms with van der Waals surface area (Å²) in [6.45, 7) is 3.48. The molecule has 0 rings (SSSR count). The van der Waals surface area contributed by atoms with Gasteiger partial charge in [-0.25, -0.2) is 0 Å². The van der Waals surface area contributed by atoms with Crippen molar-refractivity contribution in [3.05, 3.63) is 0 Å². The predicted octanol–water partition coefficient (Wildman–Crippen LogP) is 2.05. The monoisotopic (exact) mass is 178 g/mol. The highest BCUT2D eigenvalue weighted by atomic mass is 16.1. The third kappa shape index (κ3) is 4.28. The van der Waals surface area contributed by atoms with Crippen molar-refractivity contribution in [2.45, 2.75) is 33.1 Å². The molecule has 0 aliphatic heterocycles.